The van der Waals surface area contributed by atoms with Crippen molar-refractivity contribution in [2.45, 2.75) is 39.0 Å². The van der Waals surface area contributed by atoms with E-state index >= 15 is 0 Å². The summed E-state index contributed by atoms with van der Waals surface area (Å²) in [5.41, 5.74) is 5.05. The van der Waals surface area contributed by atoms with Crippen LogP contribution in [0.2, 0.25) is 0 Å². The number of fused-ring (bicyclic) bond motifs is 3. The van der Waals surface area contributed by atoms with Gasteiger partial charge in [-0.15, -0.1) is 12.4 Å². The SMILES string of the molecule is CNCC1CCc2cc(C)c3c(c2C1=O)C(C)CC(=O)N3.Cl. The van der Waals surface area contributed by atoms with Crippen LogP contribution in [0.3, 0.4) is 0 Å². The molecule has 0 saturated carbocycles. The molecule has 3 rings (SSSR count). The van der Waals surface area contributed by atoms with E-state index in [1.807, 2.05) is 20.9 Å². The van der Waals surface area contributed by atoms with Crippen LogP contribution in [0.1, 0.15) is 52.7 Å². The smallest absolute Gasteiger partial charge is 0.224 e. The first-order chi connectivity index (χ1) is 10.0. The standard InChI is InChI=1S/C17H22N2O2.ClH/c1-9-7-13(20)19-16-10(2)6-11-4-5-12(8-18-3)17(21)15(11)14(9)16;/h6,9,12,18H,4-5,7-8H2,1-3H3,(H,19,20);1H. The zero-order chi connectivity index (χ0) is 15.1. The molecule has 0 fully saturated rings. The summed E-state index contributed by atoms with van der Waals surface area (Å²) >= 11 is 0. The average molecular weight is 323 g/mol. The highest BCUT2D eigenvalue weighted by atomic mass is 35.5. The Morgan fingerprint density at radius 2 is 2.09 bits per heavy atom. The number of carbonyl (C=O) groups is 2. The van der Waals surface area contributed by atoms with Crippen LogP contribution >= 0.6 is 12.4 Å². The second kappa shape index (κ2) is 6.39. The number of benzene rings is 1. The first-order valence-electron chi connectivity index (χ1n) is 7.68. The van der Waals surface area contributed by atoms with E-state index in [2.05, 4.69) is 16.7 Å². The summed E-state index contributed by atoms with van der Waals surface area (Å²) in [5, 5.41) is 6.09. The molecule has 0 aromatic heterocycles. The Labute approximate surface area is 137 Å². The average Bonchev–Trinajstić information content (AvgIpc) is 2.42. The van der Waals surface area contributed by atoms with E-state index in [0.717, 1.165) is 47.3 Å². The van der Waals surface area contributed by atoms with Crippen LogP contribution in [0, 0.1) is 12.8 Å². The maximum absolute atomic E-state index is 12.9. The van der Waals surface area contributed by atoms with E-state index in [9.17, 15) is 9.59 Å². The number of halogens is 1. The molecule has 22 heavy (non-hydrogen) atoms. The van der Waals surface area contributed by atoms with Gasteiger partial charge in [0.05, 0.1) is 0 Å². The molecule has 1 aliphatic heterocycles. The number of hydrogen-bond donors (Lipinski definition) is 2. The predicted molar refractivity (Wildman–Crippen MR) is 90.2 cm³/mol. The second-order valence-electron chi connectivity index (χ2n) is 6.33. The van der Waals surface area contributed by atoms with Crippen molar-refractivity contribution in [3.8, 4) is 0 Å². The number of nitrogens with one attached hydrogen (secondary N) is 2. The van der Waals surface area contributed by atoms with Crippen LogP contribution in [0.4, 0.5) is 5.69 Å². The Morgan fingerprint density at radius 3 is 2.77 bits per heavy atom. The van der Waals surface area contributed by atoms with Crippen LogP contribution in [-0.4, -0.2) is 25.3 Å². The number of anilines is 1. The number of Topliss-reactive ketones (excluding diaryl/α,β-unsaturated/α-hetero) is 1. The van der Waals surface area contributed by atoms with Gasteiger partial charge in [0.2, 0.25) is 5.91 Å². The van der Waals surface area contributed by atoms with Gasteiger partial charge in [0, 0.05) is 30.1 Å². The highest BCUT2D eigenvalue weighted by Crippen LogP contribution is 2.41. The summed E-state index contributed by atoms with van der Waals surface area (Å²) in [7, 11) is 1.89. The van der Waals surface area contributed by atoms with Crippen molar-refractivity contribution in [2.24, 2.45) is 5.92 Å². The van der Waals surface area contributed by atoms with Crippen LogP contribution < -0.4 is 10.6 Å². The fourth-order valence-electron chi connectivity index (χ4n) is 3.74. The van der Waals surface area contributed by atoms with E-state index < -0.39 is 0 Å². The summed E-state index contributed by atoms with van der Waals surface area (Å²) in [6.07, 6.45) is 2.32. The summed E-state index contributed by atoms with van der Waals surface area (Å²) < 4.78 is 0. The maximum atomic E-state index is 12.9. The van der Waals surface area contributed by atoms with Crippen LogP contribution in [0.25, 0.3) is 0 Å². The van der Waals surface area contributed by atoms with Gasteiger partial charge in [0.1, 0.15) is 0 Å². The normalized spacial score (nSPS) is 23.2. The van der Waals surface area contributed by atoms with E-state index in [1.54, 1.807) is 0 Å². The number of hydrogen-bond acceptors (Lipinski definition) is 3. The Bertz CT molecular complexity index is 628. The van der Waals surface area contributed by atoms with Gasteiger partial charge in [-0.25, -0.2) is 0 Å². The molecule has 0 spiro atoms. The summed E-state index contributed by atoms with van der Waals surface area (Å²) in [5.74, 6) is 0.455. The topological polar surface area (TPSA) is 58.2 Å². The predicted octanol–water partition coefficient (Wildman–Crippen LogP) is 2.83. The van der Waals surface area contributed by atoms with Crippen molar-refractivity contribution >= 4 is 29.8 Å². The van der Waals surface area contributed by atoms with Gasteiger partial charge in [0.15, 0.2) is 5.78 Å². The summed E-state index contributed by atoms with van der Waals surface area (Å²) in [6, 6.07) is 2.08. The summed E-state index contributed by atoms with van der Waals surface area (Å²) in [4.78, 5) is 24.7. The highest BCUT2D eigenvalue weighted by Gasteiger charge is 2.35. The quantitative estimate of drug-likeness (QED) is 0.880. The van der Waals surface area contributed by atoms with Crippen molar-refractivity contribution in [2.75, 3.05) is 18.9 Å². The molecular weight excluding hydrogens is 300 g/mol. The van der Waals surface area contributed by atoms with Gasteiger partial charge in [0.25, 0.3) is 0 Å². The molecule has 0 bridgehead atoms. The highest BCUT2D eigenvalue weighted by molar-refractivity contribution is 6.06. The molecule has 1 aromatic carbocycles. The van der Waals surface area contributed by atoms with E-state index in [-0.39, 0.29) is 35.9 Å². The van der Waals surface area contributed by atoms with Crippen LogP contribution in [0.5, 0.6) is 0 Å². The Hall–Kier alpha value is -1.39. The van der Waals surface area contributed by atoms with Crippen molar-refractivity contribution in [3.05, 3.63) is 28.3 Å². The van der Waals surface area contributed by atoms with Crippen molar-refractivity contribution in [3.63, 3.8) is 0 Å². The van der Waals surface area contributed by atoms with Gasteiger partial charge in [-0.05, 0) is 49.4 Å². The largest absolute Gasteiger partial charge is 0.326 e. The molecule has 1 amide bonds. The molecule has 1 aromatic rings. The molecule has 1 heterocycles. The monoisotopic (exact) mass is 322 g/mol. The Balaban J connectivity index is 0.00000176. The third-order valence-electron chi connectivity index (χ3n) is 4.72. The van der Waals surface area contributed by atoms with E-state index in [4.69, 9.17) is 0 Å². The van der Waals surface area contributed by atoms with Crippen LogP contribution in [-0.2, 0) is 11.2 Å². The second-order valence-corrected chi connectivity index (χ2v) is 6.33. The Kier molecular flexibility index (Phi) is 4.93. The molecule has 2 aliphatic rings. The van der Waals surface area contributed by atoms with Gasteiger partial charge in [-0.1, -0.05) is 13.0 Å². The summed E-state index contributed by atoms with van der Waals surface area (Å²) in [6.45, 7) is 4.79. The molecule has 2 unspecified atom stereocenters. The van der Waals surface area contributed by atoms with Gasteiger partial charge >= 0.3 is 0 Å². The number of rotatable bonds is 2. The molecule has 0 radical (unpaired) electrons. The zero-order valence-corrected chi connectivity index (χ0v) is 14.1. The van der Waals surface area contributed by atoms with Crippen molar-refractivity contribution in [1.29, 1.82) is 0 Å². The minimum Gasteiger partial charge on any atom is -0.326 e. The molecule has 0 saturated heterocycles. The third-order valence-corrected chi connectivity index (χ3v) is 4.72. The van der Waals surface area contributed by atoms with Crippen molar-refractivity contribution in [1.82, 2.24) is 5.32 Å². The zero-order valence-electron chi connectivity index (χ0n) is 13.3. The number of aryl methyl sites for hydroxylation is 2. The molecule has 2 atom stereocenters. The fraction of sp³-hybridized carbons (Fsp3) is 0.529. The van der Waals surface area contributed by atoms with E-state index in [0.29, 0.717) is 6.42 Å². The lowest BCUT2D eigenvalue weighted by atomic mass is 9.75. The first-order valence-corrected chi connectivity index (χ1v) is 7.68. The van der Waals surface area contributed by atoms with Crippen LogP contribution in [0.15, 0.2) is 6.07 Å². The maximum Gasteiger partial charge on any atom is 0.224 e. The lowest BCUT2D eigenvalue weighted by Gasteiger charge is -2.32. The Morgan fingerprint density at radius 1 is 1.36 bits per heavy atom. The molecule has 4 nitrogen and oxygen atoms in total. The first kappa shape index (κ1) is 17.0. The minimum absolute atomic E-state index is 0. The third kappa shape index (κ3) is 2.66. The van der Waals surface area contributed by atoms with Crippen molar-refractivity contribution < 1.29 is 9.59 Å². The molecule has 1 aliphatic carbocycles. The lowest BCUT2D eigenvalue weighted by molar-refractivity contribution is -0.116. The van der Waals surface area contributed by atoms with E-state index in [1.165, 1.54) is 0 Å². The molecule has 2 N–H and O–H groups in total. The molecule has 120 valence electrons. The minimum atomic E-state index is 0. The molecular formula is C17H23ClN2O2. The number of carbonyl (C=O) groups excluding carboxylic acids is 2. The fourth-order valence-corrected chi connectivity index (χ4v) is 3.74. The number of ketones is 1. The lowest BCUT2D eigenvalue weighted by Crippen LogP contribution is -2.34. The van der Waals surface area contributed by atoms with Gasteiger partial charge in [-0.3, -0.25) is 9.59 Å². The number of amides is 1. The van der Waals surface area contributed by atoms with Gasteiger partial charge < -0.3 is 10.6 Å². The van der Waals surface area contributed by atoms with Gasteiger partial charge in [-0.2, -0.15) is 0 Å². The molecule has 5 heteroatoms.